The van der Waals surface area contributed by atoms with Crippen molar-refractivity contribution in [3.8, 4) is 0 Å². The van der Waals surface area contributed by atoms with Crippen molar-refractivity contribution in [3.63, 3.8) is 0 Å². The second-order valence-electron chi connectivity index (χ2n) is 5.01. The smallest absolute Gasteiger partial charge is 0.308 e. The van der Waals surface area contributed by atoms with Crippen molar-refractivity contribution >= 4 is 28.2 Å². The molecule has 0 aromatic heterocycles. The monoisotopic (exact) mass is 401 g/mol. The van der Waals surface area contributed by atoms with Gasteiger partial charge in [-0.25, -0.2) is 0 Å². The van der Waals surface area contributed by atoms with Crippen LogP contribution in [-0.4, -0.2) is 19.4 Å². The lowest BCUT2D eigenvalue weighted by Gasteiger charge is -2.11. The van der Waals surface area contributed by atoms with E-state index in [4.69, 9.17) is 5.73 Å². The second-order valence-corrected chi connectivity index (χ2v) is 5.93. The van der Waals surface area contributed by atoms with E-state index in [1.165, 1.54) is 7.11 Å². The maximum atomic E-state index is 11.1. The first-order chi connectivity index (χ1) is 11.5. The average Bonchev–Trinajstić information content (AvgIpc) is 2.63. The van der Waals surface area contributed by atoms with Gasteiger partial charge in [0.1, 0.15) is 6.29 Å². The Morgan fingerprint density at radius 3 is 1.96 bits per heavy atom. The first kappa shape index (κ1) is 25.0. The van der Waals surface area contributed by atoms with E-state index >= 15 is 0 Å². The van der Waals surface area contributed by atoms with Crippen LogP contribution < -0.4 is 5.73 Å². The van der Waals surface area contributed by atoms with Crippen LogP contribution in [0.25, 0.3) is 0 Å². The Hall–Kier alpha value is -1.20. The molecule has 0 aliphatic carbocycles. The van der Waals surface area contributed by atoms with E-state index < -0.39 is 6.04 Å². The van der Waals surface area contributed by atoms with Gasteiger partial charge in [-0.3, -0.25) is 4.79 Å². The van der Waals surface area contributed by atoms with E-state index in [0.29, 0.717) is 0 Å². The van der Waals surface area contributed by atoms with E-state index in [1.54, 1.807) is 0 Å². The molecule has 0 amide bonds. The highest BCUT2D eigenvalue weighted by molar-refractivity contribution is 9.10. The van der Waals surface area contributed by atoms with Gasteiger partial charge in [0.05, 0.1) is 19.1 Å². The van der Waals surface area contributed by atoms with Crippen molar-refractivity contribution in [1.82, 2.24) is 0 Å². The summed E-state index contributed by atoms with van der Waals surface area (Å²) in [7, 11) is 1.46. The van der Waals surface area contributed by atoms with E-state index in [0.717, 1.165) is 42.0 Å². The number of benzene rings is 1. The number of nitrogens with two attached hydrogens (primary N) is 1. The predicted octanol–water partition coefficient (Wildman–Crippen LogP) is 5.05. The van der Waals surface area contributed by atoms with Gasteiger partial charge in [-0.05, 0) is 30.5 Å². The van der Waals surface area contributed by atoms with Crippen LogP contribution in [0.2, 0.25) is 0 Å². The molecule has 0 bridgehead atoms. The summed E-state index contributed by atoms with van der Waals surface area (Å²) in [4.78, 5) is 21.3. The van der Waals surface area contributed by atoms with E-state index in [-0.39, 0.29) is 11.9 Å². The summed E-state index contributed by atoms with van der Waals surface area (Å²) in [5.74, 6) is 0.0868. The SMILES string of the molecule is CC.CCCC(CCC)C(=O)OC.NC(C=O)c1ccc(Br)cc1. The summed E-state index contributed by atoms with van der Waals surface area (Å²) in [6.45, 7) is 8.18. The van der Waals surface area contributed by atoms with Gasteiger partial charge in [0.2, 0.25) is 0 Å². The number of rotatable bonds is 7. The molecule has 1 unspecified atom stereocenters. The average molecular weight is 402 g/mol. The molecule has 2 N–H and O–H groups in total. The van der Waals surface area contributed by atoms with Crippen molar-refractivity contribution in [1.29, 1.82) is 0 Å². The zero-order chi connectivity index (χ0) is 19.0. The van der Waals surface area contributed by atoms with Crippen LogP contribution in [-0.2, 0) is 14.3 Å². The molecule has 138 valence electrons. The van der Waals surface area contributed by atoms with Gasteiger partial charge in [-0.15, -0.1) is 0 Å². The Balaban J connectivity index is 0. The Morgan fingerprint density at radius 2 is 1.62 bits per heavy atom. The molecule has 0 fully saturated rings. The molecule has 1 rings (SSSR count). The standard InChI is InChI=1S/C9H18O2.C8H8BrNO.C2H6/c1-4-6-8(7-5-2)9(10)11-3;9-7-3-1-6(2-4-7)8(10)5-11;1-2/h8H,4-7H2,1-3H3;1-5,8H,10H2;1-2H3. The topological polar surface area (TPSA) is 69.4 Å². The number of ether oxygens (including phenoxy) is 1. The Labute approximate surface area is 155 Å². The van der Waals surface area contributed by atoms with Crippen molar-refractivity contribution in [2.75, 3.05) is 7.11 Å². The molecule has 0 spiro atoms. The highest BCUT2D eigenvalue weighted by Gasteiger charge is 2.16. The van der Waals surface area contributed by atoms with Crippen LogP contribution in [0.4, 0.5) is 0 Å². The quantitative estimate of drug-likeness (QED) is 0.512. The molecule has 1 atom stereocenters. The van der Waals surface area contributed by atoms with E-state index in [2.05, 4.69) is 34.5 Å². The van der Waals surface area contributed by atoms with E-state index in [9.17, 15) is 9.59 Å². The molecular formula is C19H32BrNO3. The Morgan fingerprint density at radius 1 is 1.17 bits per heavy atom. The molecule has 4 nitrogen and oxygen atoms in total. The van der Waals surface area contributed by atoms with E-state index in [1.807, 2.05) is 38.1 Å². The predicted molar refractivity (Wildman–Crippen MR) is 104 cm³/mol. The number of methoxy groups -OCH3 is 1. The zero-order valence-corrected chi connectivity index (χ0v) is 17.1. The molecule has 1 aromatic carbocycles. The minimum Gasteiger partial charge on any atom is -0.469 e. The fourth-order valence-electron chi connectivity index (χ4n) is 2.01. The highest BCUT2D eigenvalue weighted by atomic mass is 79.9. The molecule has 1 aromatic rings. The number of esters is 1. The summed E-state index contributed by atoms with van der Waals surface area (Å²) in [6, 6.07) is 6.87. The molecule has 0 heterocycles. The third-order valence-corrected chi connectivity index (χ3v) is 3.74. The minimum atomic E-state index is -0.497. The second kappa shape index (κ2) is 16.7. The first-order valence-corrected chi connectivity index (χ1v) is 9.33. The normalized spacial score (nSPS) is 10.7. The van der Waals surface area contributed by atoms with Crippen LogP contribution in [0, 0.1) is 5.92 Å². The molecule has 0 saturated heterocycles. The summed E-state index contributed by atoms with van der Waals surface area (Å²) in [5.41, 5.74) is 6.30. The van der Waals surface area contributed by atoms with Crippen molar-refractivity contribution in [2.24, 2.45) is 11.7 Å². The summed E-state index contributed by atoms with van der Waals surface area (Å²) >= 11 is 3.29. The van der Waals surface area contributed by atoms with Crippen LogP contribution >= 0.6 is 15.9 Å². The Kier molecular flexibility index (Phi) is 17.4. The lowest BCUT2D eigenvalue weighted by atomic mass is 9.99. The third-order valence-electron chi connectivity index (χ3n) is 3.21. The fraction of sp³-hybridized carbons (Fsp3) is 0.579. The lowest BCUT2D eigenvalue weighted by molar-refractivity contribution is -0.146. The van der Waals surface area contributed by atoms with Crippen LogP contribution in [0.5, 0.6) is 0 Å². The largest absolute Gasteiger partial charge is 0.469 e. The molecule has 0 aliphatic heterocycles. The van der Waals surface area contributed by atoms with Gasteiger partial charge in [0.25, 0.3) is 0 Å². The van der Waals surface area contributed by atoms with Gasteiger partial charge in [0, 0.05) is 4.47 Å². The number of hydrogen-bond donors (Lipinski definition) is 1. The number of aldehydes is 1. The molecule has 24 heavy (non-hydrogen) atoms. The number of carbonyl (C=O) groups is 2. The lowest BCUT2D eigenvalue weighted by Crippen LogP contribution is -2.15. The van der Waals surface area contributed by atoms with Gasteiger partial charge in [-0.1, -0.05) is 68.6 Å². The molecule has 0 radical (unpaired) electrons. The third kappa shape index (κ3) is 11.4. The Bertz CT molecular complexity index is 429. The molecule has 0 aliphatic rings. The van der Waals surface area contributed by atoms with Crippen LogP contribution in [0.15, 0.2) is 28.7 Å². The van der Waals surface area contributed by atoms with Crippen molar-refractivity contribution in [2.45, 2.75) is 59.4 Å². The number of hydrogen-bond acceptors (Lipinski definition) is 4. The van der Waals surface area contributed by atoms with Crippen molar-refractivity contribution in [3.05, 3.63) is 34.3 Å². The zero-order valence-electron chi connectivity index (χ0n) is 15.5. The van der Waals surface area contributed by atoms with Gasteiger partial charge >= 0.3 is 5.97 Å². The van der Waals surface area contributed by atoms with Gasteiger partial charge in [0.15, 0.2) is 0 Å². The summed E-state index contributed by atoms with van der Waals surface area (Å²) in [6.07, 6.45) is 4.75. The highest BCUT2D eigenvalue weighted by Crippen LogP contribution is 2.14. The van der Waals surface area contributed by atoms with Crippen LogP contribution in [0.1, 0.15) is 65.0 Å². The molecular weight excluding hydrogens is 370 g/mol. The van der Waals surface area contributed by atoms with Gasteiger partial charge in [-0.2, -0.15) is 0 Å². The molecule has 5 heteroatoms. The summed E-state index contributed by atoms with van der Waals surface area (Å²) < 4.78 is 5.66. The van der Waals surface area contributed by atoms with Crippen LogP contribution in [0.3, 0.4) is 0 Å². The first-order valence-electron chi connectivity index (χ1n) is 8.54. The fourth-order valence-corrected chi connectivity index (χ4v) is 2.27. The maximum Gasteiger partial charge on any atom is 0.308 e. The van der Waals surface area contributed by atoms with Gasteiger partial charge < -0.3 is 15.3 Å². The summed E-state index contributed by atoms with van der Waals surface area (Å²) in [5, 5.41) is 0. The number of carbonyl (C=O) groups excluding carboxylic acids is 2. The minimum absolute atomic E-state index is 0.0475. The van der Waals surface area contributed by atoms with Crippen molar-refractivity contribution < 1.29 is 14.3 Å². The maximum absolute atomic E-state index is 11.1. The number of halogens is 1. The molecule has 0 saturated carbocycles.